The van der Waals surface area contributed by atoms with Crippen LogP contribution in [0.15, 0.2) is 40.9 Å². The maximum Gasteiger partial charge on any atom is 0.159 e. The van der Waals surface area contributed by atoms with Crippen LogP contribution >= 0.6 is 27.5 Å². The molecule has 0 aliphatic rings. The third kappa shape index (κ3) is 3.74. The van der Waals surface area contributed by atoms with Crippen molar-refractivity contribution in [1.29, 1.82) is 0 Å². The van der Waals surface area contributed by atoms with Crippen LogP contribution in [0, 0.1) is 17.5 Å². The van der Waals surface area contributed by atoms with Crippen LogP contribution in [-0.2, 0) is 6.42 Å². The average molecular weight is 350 g/mol. The molecule has 0 radical (unpaired) electrons. The molecule has 0 aromatic heterocycles. The van der Waals surface area contributed by atoms with E-state index in [1.165, 1.54) is 18.2 Å². The number of hydrogen-bond donors (Lipinski definition) is 0. The molecule has 0 aliphatic heterocycles. The topological polar surface area (TPSA) is 0 Å². The van der Waals surface area contributed by atoms with Crippen LogP contribution in [0.1, 0.15) is 16.5 Å². The van der Waals surface area contributed by atoms with Gasteiger partial charge in [0, 0.05) is 4.47 Å². The first-order valence-corrected chi connectivity index (χ1v) is 6.72. The van der Waals surface area contributed by atoms with Crippen molar-refractivity contribution < 1.29 is 13.2 Å². The van der Waals surface area contributed by atoms with E-state index in [-0.39, 0.29) is 6.42 Å². The summed E-state index contributed by atoms with van der Waals surface area (Å²) in [5.74, 6) is -2.22. The van der Waals surface area contributed by atoms with Crippen LogP contribution in [0.25, 0.3) is 0 Å². The van der Waals surface area contributed by atoms with E-state index >= 15 is 0 Å². The highest BCUT2D eigenvalue weighted by molar-refractivity contribution is 9.10. The minimum absolute atomic E-state index is 0.286. The Kier molecular flexibility index (Phi) is 4.53. The first kappa shape index (κ1) is 14.4. The molecule has 0 bridgehead atoms. The first-order valence-electron chi connectivity index (χ1n) is 5.49. The molecule has 19 heavy (non-hydrogen) atoms. The normalized spacial score (nSPS) is 12.5. The van der Waals surface area contributed by atoms with Crippen molar-refractivity contribution in [2.75, 3.05) is 0 Å². The molecule has 2 rings (SSSR count). The van der Waals surface area contributed by atoms with Gasteiger partial charge in [-0.05, 0) is 47.9 Å². The van der Waals surface area contributed by atoms with Gasteiger partial charge in [0.25, 0.3) is 0 Å². The monoisotopic (exact) mass is 348 g/mol. The van der Waals surface area contributed by atoms with Crippen LogP contribution in [0.3, 0.4) is 0 Å². The number of rotatable bonds is 3. The van der Waals surface area contributed by atoms with Crippen molar-refractivity contribution in [2.45, 2.75) is 11.8 Å². The molecule has 0 aliphatic carbocycles. The summed E-state index contributed by atoms with van der Waals surface area (Å²) in [4.78, 5) is 0. The lowest BCUT2D eigenvalue weighted by molar-refractivity contribution is 0.507. The fraction of sp³-hybridized carbons (Fsp3) is 0.143. The third-order valence-electron chi connectivity index (χ3n) is 2.65. The average Bonchev–Trinajstić information content (AvgIpc) is 2.32. The Morgan fingerprint density at radius 1 is 1.00 bits per heavy atom. The summed E-state index contributed by atoms with van der Waals surface area (Å²) in [5.41, 5.74) is 1.14. The molecule has 0 amide bonds. The molecule has 0 saturated carbocycles. The molecule has 0 fully saturated rings. The van der Waals surface area contributed by atoms with E-state index in [0.29, 0.717) is 15.6 Å². The molecular weight excluding hydrogens is 341 g/mol. The molecule has 0 heterocycles. The Bertz CT molecular complexity index is 581. The highest BCUT2D eigenvalue weighted by Gasteiger charge is 2.12. The fourth-order valence-electron chi connectivity index (χ4n) is 1.75. The van der Waals surface area contributed by atoms with Gasteiger partial charge < -0.3 is 0 Å². The molecule has 5 heteroatoms. The van der Waals surface area contributed by atoms with Crippen LogP contribution in [-0.4, -0.2) is 0 Å². The second-order valence-electron chi connectivity index (χ2n) is 4.12. The maximum absolute atomic E-state index is 13.2. The van der Waals surface area contributed by atoms with Gasteiger partial charge in [-0.15, -0.1) is 11.6 Å². The standard InChI is InChI=1S/C14H9BrClF3/c15-10-5-9(6-11(17)7-10)12(16)3-8-1-2-13(18)14(19)4-8/h1-2,4-7,12H,3H2. The van der Waals surface area contributed by atoms with E-state index in [2.05, 4.69) is 15.9 Å². The summed E-state index contributed by atoms with van der Waals surface area (Å²) in [6, 6.07) is 7.95. The van der Waals surface area contributed by atoms with E-state index in [1.54, 1.807) is 6.07 Å². The summed E-state index contributed by atoms with van der Waals surface area (Å²) in [6.45, 7) is 0. The van der Waals surface area contributed by atoms with Crippen LogP contribution in [0.5, 0.6) is 0 Å². The van der Waals surface area contributed by atoms with E-state index in [1.807, 2.05) is 0 Å². The quantitative estimate of drug-likeness (QED) is 0.652. The highest BCUT2D eigenvalue weighted by atomic mass is 79.9. The molecule has 1 unspecified atom stereocenters. The number of benzene rings is 2. The summed E-state index contributed by atoms with van der Waals surface area (Å²) in [7, 11) is 0. The lowest BCUT2D eigenvalue weighted by atomic mass is 10.0. The lowest BCUT2D eigenvalue weighted by Crippen LogP contribution is -1.98. The van der Waals surface area contributed by atoms with E-state index < -0.39 is 22.8 Å². The predicted octanol–water partition coefficient (Wildman–Crippen LogP) is 5.39. The van der Waals surface area contributed by atoms with Gasteiger partial charge in [0.1, 0.15) is 5.82 Å². The summed E-state index contributed by atoms with van der Waals surface area (Å²) < 4.78 is 39.7. The predicted molar refractivity (Wildman–Crippen MR) is 72.8 cm³/mol. The minimum Gasteiger partial charge on any atom is -0.207 e. The van der Waals surface area contributed by atoms with Crippen molar-refractivity contribution in [2.24, 2.45) is 0 Å². The molecule has 1 atom stereocenters. The van der Waals surface area contributed by atoms with Gasteiger partial charge in [-0.1, -0.05) is 22.0 Å². The minimum atomic E-state index is -0.915. The lowest BCUT2D eigenvalue weighted by Gasteiger charge is -2.11. The zero-order valence-electron chi connectivity index (χ0n) is 9.64. The first-order chi connectivity index (χ1) is 8.95. The zero-order chi connectivity index (χ0) is 14.0. The van der Waals surface area contributed by atoms with Gasteiger partial charge in [0.05, 0.1) is 5.38 Å². The largest absolute Gasteiger partial charge is 0.207 e. The Morgan fingerprint density at radius 2 is 1.74 bits per heavy atom. The number of alkyl halides is 1. The van der Waals surface area contributed by atoms with Gasteiger partial charge in [0.2, 0.25) is 0 Å². The van der Waals surface area contributed by atoms with Gasteiger partial charge in [0.15, 0.2) is 11.6 Å². The molecule has 0 spiro atoms. The van der Waals surface area contributed by atoms with Crippen molar-refractivity contribution in [3.8, 4) is 0 Å². The van der Waals surface area contributed by atoms with Crippen LogP contribution in [0.2, 0.25) is 0 Å². The third-order valence-corrected chi connectivity index (χ3v) is 3.51. The second kappa shape index (κ2) is 5.97. The van der Waals surface area contributed by atoms with Crippen molar-refractivity contribution in [1.82, 2.24) is 0 Å². The van der Waals surface area contributed by atoms with Gasteiger partial charge in [-0.25, -0.2) is 13.2 Å². The second-order valence-corrected chi connectivity index (χ2v) is 5.57. The fourth-order valence-corrected chi connectivity index (χ4v) is 2.53. The van der Waals surface area contributed by atoms with Crippen molar-refractivity contribution in [3.05, 3.63) is 69.4 Å². The molecule has 0 N–H and O–H groups in total. The van der Waals surface area contributed by atoms with E-state index in [0.717, 1.165) is 12.1 Å². The summed E-state index contributed by atoms with van der Waals surface area (Å²) in [6.07, 6.45) is 0.286. The summed E-state index contributed by atoms with van der Waals surface area (Å²) >= 11 is 9.35. The van der Waals surface area contributed by atoms with E-state index in [9.17, 15) is 13.2 Å². The Balaban J connectivity index is 2.20. The Labute approximate surface area is 122 Å². The SMILES string of the molecule is Fc1cc(Br)cc(C(Cl)Cc2ccc(F)c(F)c2)c1. The Hall–Kier alpha value is -1.00. The number of halogens is 5. The number of hydrogen-bond acceptors (Lipinski definition) is 0. The molecule has 100 valence electrons. The van der Waals surface area contributed by atoms with Gasteiger partial charge in [-0.2, -0.15) is 0 Å². The van der Waals surface area contributed by atoms with Gasteiger partial charge >= 0.3 is 0 Å². The maximum atomic E-state index is 13.2. The smallest absolute Gasteiger partial charge is 0.159 e. The van der Waals surface area contributed by atoms with E-state index in [4.69, 9.17) is 11.6 Å². The molecule has 2 aromatic rings. The molecular formula is C14H9BrClF3. The molecule has 2 aromatic carbocycles. The summed E-state index contributed by atoms with van der Waals surface area (Å²) in [5, 5.41) is -0.517. The van der Waals surface area contributed by atoms with Gasteiger partial charge in [-0.3, -0.25) is 0 Å². The molecule has 0 nitrogen and oxygen atoms in total. The zero-order valence-corrected chi connectivity index (χ0v) is 12.0. The van der Waals surface area contributed by atoms with Crippen LogP contribution < -0.4 is 0 Å². The van der Waals surface area contributed by atoms with Crippen LogP contribution in [0.4, 0.5) is 13.2 Å². The highest BCUT2D eigenvalue weighted by Crippen LogP contribution is 2.28. The molecule has 0 saturated heterocycles. The van der Waals surface area contributed by atoms with Crippen molar-refractivity contribution >= 4 is 27.5 Å². The van der Waals surface area contributed by atoms with Crippen molar-refractivity contribution in [3.63, 3.8) is 0 Å². The Morgan fingerprint density at radius 3 is 2.37 bits per heavy atom.